The van der Waals surface area contributed by atoms with Gasteiger partial charge in [0.15, 0.2) is 5.78 Å². The van der Waals surface area contributed by atoms with Gasteiger partial charge in [-0.15, -0.1) is 0 Å². The molecule has 0 saturated carbocycles. The molecular weight excluding hydrogens is 388 g/mol. The van der Waals surface area contributed by atoms with E-state index in [1.807, 2.05) is 36.4 Å². The second kappa shape index (κ2) is 8.05. The van der Waals surface area contributed by atoms with Crippen molar-refractivity contribution in [3.05, 3.63) is 111 Å². The lowest BCUT2D eigenvalue weighted by Gasteiger charge is -2.36. The highest BCUT2D eigenvalue weighted by Crippen LogP contribution is 2.45. The molecule has 0 radical (unpaired) electrons. The summed E-state index contributed by atoms with van der Waals surface area (Å²) in [5, 5.41) is 16.0. The minimum absolute atomic E-state index is 0.0509. The van der Waals surface area contributed by atoms with Gasteiger partial charge < -0.3 is 5.32 Å². The van der Waals surface area contributed by atoms with E-state index in [0.29, 0.717) is 16.1 Å². The number of hydrogen-bond donors (Lipinski definition) is 1. The molecule has 1 aliphatic rings. The van der Waals surface area contributed by atoms with Gasteiger partial charge in [-0.1, -0.05) is 78.3 Å². The van der Waals surface area contributed by atoms with Gasteiger partial charge in [0.05, 0.1) is 5.92 Å². The molecule has 0 fully saturated rings. The van der Waals surface area contributed by atoms with Crippen LogP contribution in [0.25, 0.3) is 0 Å². The lowest BCUT2D eigenvalue weighted by atomic mass is 9.77. The van der Waals surface area contributed by atoms with Crippen molar-refractivity contribution in [3.8, 4) is 0 Å². The first-order valence-electron chi connectivity index (χ1n) is 9.38. The van der Waals surface area contributed by atoms with Crippen LogP contribution in [0.5, 0.6) is 0 Å². The quantitative estimate of drug-likeness (QED) is 0.344. The fraction of sp³-hybridized carbons (Fsp3) is 0.174. The molecule has 0 amide bonds. The van der Waals surface area contributed by atoms with E-state index in [1.165, 1.54) is 0 Å². The van der Waals surface area contributed by atoms with Crippen LogP contribution in [-0.4, -0.2) is 16.7 Å². The number of para-hydroxylation sites is 1. The molecule has 1 N–H and O–H groups in total. The van der Waals surface area contributed by atoms with E-state index in [4.69, 9.17) is 11.6 Å². The predicted molar refractivity (Wildman–Crippen MR) is 113 cm³/mol. The minimum atomic E-state index is -1.03. The summed E-state index contributed by atoms with van der Waals surface area (Å²) in [6.07, 6.45) is 0.0509. The highest BCUT2D eigenvalue weighted by molar-refractivity contribution is 6.31. The van der Waals surface area contributed by atoms with Crippen molar-refractivity contribution in [1.82, 2.24) is 0 Å². The number of Topliss-reactive ketones (excluding diaryl/α,β-unsaturated/α-hetero) is 1. The number of nitrogens with zero attached hydrogens (tertiary/aromatic N) is 1. The van der Waals surface area contributed by atoms with E-state index in [0.717, 1.165) is 11.3 Å². The summed E-state index contributed by atoms with van der Waals surface area (Å²) < 4.78 is 0. The number of carbonyl (C=O) groups excluding carboxylic acids is 1. The molecule has 29 heavy (non-hydrogen) atoms. The van der Waals surface area contributed by atoms with E-state index in [-0.39, 0.29) is 17.1 Å². The van der Waals surface area contributed by atoms with Crippen molar-refractivity contribution in [2.24, 2.45) is 0 Å². The summed E-state index contributed by atoms with van der Waals surface area (Å²) in [5.41, 5.74) is 2.78. The van der Waals surface area contributed by atoms with E-state index in [9.17, 15) is 14.9 Å². The average Bonchev–Trinajstić information content (AvgIpc) is 2.74. The molecule has 4 rings (SSSR count). The Hall–Kier alpha value is -3.18. The normalized spacial score (nSPS) is 20.4. The number of fused-ring (bicyclic) bond motifs is 1. The van der Waals surface area contributed by atoms with Crippen LogP contribution in [-0.2, 0) is 0 Å². The number of ketones is 1. The number of hydrogen-bond acceptors (Lipinski definition) is 4. The number of benzene rings is 3. The summed E-state index contributed by atoms with van der Waals surface area (Å²) in [5.74, 6) is -0.687. The molecule has 3 atom stereocenters. The highest BCUT2D eigenvalue weighted by atomic mass is 35.5. The van der Waals surface area contributed by atoms with Crippen LogP contribution in [0.4, 0.5) is 5.69 Å². The fourth-order valence-electron chi connectivity index (χ4n) is 4.05. The Morgan fingerprint density at radius 1 is 0.931 bits per heavy atom. The molecule has 0 saturated heterocycles. The van der Waals surface area contributed by atoms with E-state index in [2.05, 4.69) is 5.32 Å². The van der Waals surface area contributed by atoms with Gasteiger partial charge in [-0.3, -0.25) is 14.9 Å². The van der Waals surface area contributed by atoms with E-state index >= 15 is 0 Å². The van der Waals surface area contributed by atoms with E-state index in [1.54, 1.807) is 42.5 Å². The van der Waals surface area contributed by atoms with Gasteiger partial charge in [0.1, 0.15) is 6.04 Å². The summed E-state index contributed by atoms with van der Waals surface area (Å²) in [7, 11) is 0. The van der Waals surface area contributed by atoms with Crippen LogP contribution in [0.15, 0.2) is 78.9 Å². The second-order valence-electron chi connectivity index (χ2n) is 7.11. The third-order valence-corrected chi connectivity index (χ3v) is 5.75. The largest absolute Gasteiger partial charge is 0.372 e. The smallest absolute Gasteiger partial charge is 0.244 e. The van der Waals surface area contributed by atoms with Crippen LogP contribution in [0.1, 0.15) is 39.9 Å². The summed E-state index contributed by atoms with van der Waals surface area (Å²) in [6.45, 7) is 0. The van der Waals surface area contributed by atoms with Crippen LogP contribution in [0, 0.1) is 10.1 Å². The number of anilines is 1. The van der Waals surface area contributed by atoms with Crippen LogP contribution in [0.2, 0.25) is 5.02 Å². The predicted octanol–water partition coefficient (Wildman–Crippen LogP) is 5.51. The van der Waals surface area contributed by atoms with Gasteiger partial charge in [-0.25, -0.2) is 0 Å². The molecule has 0 aromatic heterocycles. The first-order valence-corrected chi connectivity index (χ1v) is 9.75. The second-order valence-corrected chi connectivity index (χ2v) is 7.51. The summed E-state index contributed by atoms with van der Waals surface area (Å²) >= 11 is 6.37. The minimum Gasteiger partial charge on any atom is -0.372 e. The highest BCUT2D eigenvalue weighted by Gasteiger charge is 2.46. The molecule has 0 unspecified atom stereocenters. The number of halogens is 1. The Balaban J connectivity index is 1.79. The van der Waals surface area contributed by atoms with Crippen LogP contribution < -0.4 is 5.32 Å². The molecule has 3 aromatic rings. The fourth-order valence-corrected chi connectivity index (χ4v) is 4.30. The van der Waals surface area contributed by atoms with Crippen molar-refractivity contribution < 1.29 is 9.72 Å². The maximum absolute atomic E-state index is 12.9. The van der Waals surface area contributed by atoms with Crippen molar-refractivity contribution >= 4 is 23.1 Å². The molecule has 1 aliphatic heterocycles. The van der Waals surface area contributed by atoms with Crippen LogP contribution >= 0.6 is 11.6 Å². The molecule has 146 valence electrons. The Morgan fingerprint density at radius 2 is 1.55 bits per heavy atom. The van der Waals surface area contributed by atoms with Crippen LogP contribution in [0.3, 0.4) is 0 Å². The number of rotatable bonds is 5. The van der Waals surface area contributed by atoms with Crippen molar-refractivity contribution in [3.63, 3.8) is 0 Å². The molecular formula is C23H19ClN2O3. The standard InChI is InChI=1S/C23H19ClN2O3/c24-19-12-6-4-11-17(19)22-23(26(28)29)18(16-10-5-7-13-20(16)25-22)14-21(27)15-8-2-1-3-9-15/h1-13,18,22-23,25H,14H2/t18-,22-,23+/m1/s1. The zero-order chi connectivity index (χ0) is 20.4. The first-order chi connectivity index (χ1) is 14.1. The molecule has 0 bridgehead atoms. The Kier molecular flexibility index (Phi) is 5.32. The van der Waals surface area contributed by atoms with Crippen molar-refractivity contribution in [2.75, 3.05) is 5.32 Å². The van der Waals surface area contributed by atoms with Crippen molar-refractivity contribution in [1.29, 1.82) is 0 Å². The Labute approximate surface area is 173 Å². The number of nitro groups is 1. The summed E-state index contributed by atoms with van der Waals surface area (Å²) in [6, 6.07) is 21.8. The topological polar surface area (TPSA) is 72.2 Å². The molecule has 0 aliphatic carbocycles. The van der Waals surface area contributed by atoms with Gasteiger partial charge in [0.2, 0.25) is 6.04 Å². The molecule has 5 nitrogen and oxygen atoms in total. The zero-order valence-electron chi connectivity index (χ0n) is 15.5. The Morgan fingerprint density at radius 3 is 2.24 bits per heavy atom. The van der Waals surface area contributed by atoms with Gasteiger partial charge in [0.25, 0.3) is 0 Å². The third kappa shape index (κ3) is 3.74. The summed E-state index contributed by atoms with van der Waals surface area (Å²) in [4.78, 5) is 24.8. The lowest BCUT2D eigenvalue weighted by Crippen LogP contribution is -2.42. The molecule has 0 spiro atoms. The number of carbonyl (C=O) groups is 1. The SMILES string of the molecule is O=C(C[C@@H]1c2ccccc2N[C@H](c2ccccc2Cl)[C@H]1[N+](=O)[O-])c1ccccc1. The van der Waals surface area contributed by atoms with Crippen molar-refractivity contribution in [2.45, 2.75) is 24.4 Å². The van der Waals surface area contributed by atoms with Gasteiger partial charge in [0, 0.05) is 27.6 Å². The zero-order valence-corrected chi connectivity index (χ0v) is 16.3. The Bertz CT molecular complexity index is 1050. The third-order valence-electron chi connectivity index (χ3n) is 5.41. The molecule has 3 aromatic carbocycles. The van der Waals surface area contributed by atoms with Gasteiger partial charge in [-0.2, -0.15) is 0 Å². The maximum Gasteiger partial charge on any atom is 0.244 e. The van der Waals surface area contributed by atoms with Gasteiger partial charge >= 0.3 is 0 Å². The average molecular weight is 407 g/mol. The maximum atomic E-state index is 12.9. The van der Waals surface area contributed by atoms with Gasteiger partial charge in [-0.05, 0) is 23.3 Å². The number of nitrogens with one attached hydrogen (secondary N) is 1. The monoisotopic (exact) mass is 406 g/mol. The molecule has 1 heterocycles. The lowest BCUT2D eigenvalue weighted by molar-refractivity contribution is -0.530. The molecule has 6 heteroatoms. The van der Waals surface area contributed by atoms with E-state index < -0.39 is 18.0 Å². The first kappa shape index (κ1) is 19.2.